The van der Waals surface area contributed by atoms with Gasteiger partial charge in [-0.05, 0) is 24.3 Å². The summed E-state index contributed by atoms with van der Waals surface area (Å²) in [5.41, 5.74) is 2.21. The van der Waals surface area contributed by atoms with Gasteiger partial charge in [-0.15, -0.1) is 10.2 Å². The summed E-state index contributed by atoms with van der Waals surface area (Å²) in [6, 6.07) is 8.21. The number of benzene rings is 1. The van der Waals surface area contributed by atoms with E-state index in [1.807, 2.05) is 29.0 Å². The first-order chi connectivity index (χ1) is 6.93. The number of hydrogen-bond donors (Lipinski definition) is 1. The van der Waals surface area contributed by atoms with Crippen LogP contribution in [0.4, 0.5) is 0 Å². The third kappa shape index (κ3) is 1.01. The van der Waals surface area contributed by atoms with Crippen molar-refractivity contribution in [3.8, 4) is 5.69 Å². The normalized spacial score (nSPS) is 10.9. The zero-order valence-corrected chi connectivity index (χ0v) is 7.38. The zero-order valence-electron chi connectivity index (χ0n) is 7.38. The van der Waals surface area contributed by atoms with Crippen LogP contribution in [0.15, 0.2) is 43.1 Å². The van der Waals surface area contributed by atoms with Crippen LogP contribution in [0, 0.1) is 0 Å². The fourth-order valence-electron chi connectivity index (χ4n) is 1.54. The van der Waals surface area contributed by atoms with Crippen LogP contribution in [0.5, 0.6) is 0 Å². The maximum absolute atomic E-state index is 3.77. The van der Waals surface area contributed by atoms with Gasteiger partial charge < -0.3 is 4.98 Å². The van der Waals surface area contributed by atoms with Gasteiger partial charge in [0.25, 0.3) is 0 Å². The van der Waals surface area contributed by atoms with E-state index in [0.29, 0.717) is 0 Å². The van der Waals surface area contributed by atoms with Gasteiger partial charge in [-0.1, -0.05) is 0 Å². The molecule has 0 fully saturated rings. The summed E-state index contributed by atoms with van der Waals surface area (Å²) in [5.74, 6) is 0. The van der Waals surface area contributed by atoms with Crippen molar-refractivity contribution in [1.29, 1.82) is 0 Å². The molecule has 3 rings (SSSR count). The molecule has 2 aromatic heterocycles. The fraction of sp³-hybridized carbons (Fsp3) is 0. The van der Waals surface area contributed by atoms with E-state index in [0.717, 1.165) is 11.2 Å². The van der Waals surface area contributed by atoms with Crippen molar-refractivity contribution in [1.82, 2.24) is 19.7 Å². The Bertz CT molecular complexity index is 550. The molecular formula is C10H8N4. The largest absolute Gasteiger partial charge is 0.361 e. The molecule has 3 aromatic rings. The van der Waals surface area contributed by atoms with E-state index < -0.39 is 0 Å². The molecule has 68 valence electrons. The highest BCUT2D eigenvalue weighted by molar-refractivity contribution is 5.81. The Morgan fingerprint density at radius 1 is 1.07 bits per heavy atom. The molecule has 1 N–H and O–H groups in total. The smallest absolute Gasteiger partial charge is 0.123 e. The third-order valence-electron chi connectivity index (χ3n) is 2.25. The molecule has 4 nitrogen and oxygen atoms in total. The predicted octanol–water partition coefficient (Wildman–Crippen LogP) is 1.75. The lowest BCUT2D eigenvalue weighted by Gasteiger charge is -1.99. The average molecular weight is 184 g/mol. The summed E-state index contributed by atoms with van der Waals surface area (Å²) in [5, 5.41) is 8.73. The predicted molar refractivity (Wildman–Crippen MR) is 53.2 cm³/mol. The number of fused-ring (bicyclic) bond motifs is 1. The quantitative estimate of drug-likeness (QED) is 0.626. The van der Waals surface area contributed by atoms with E-state index in [9.17, 15) is 0 Å². The summed E-state index contributed by atoms with van der Waals surface area (Å²) in [6.45, 7) is 0. The van der Waals surface area contributed by atoms with Crippen LogP contribution >= 0.6 is 0 Å². The highest BCUT2D eigenvalue weighted by Crippen LogP contribution is 2.16. The van der Waals surface area contributed by atoms with Crippen LogP contribution in [-0.4, -0.2) is 19.7 Å². The molecule has 0 aliphatic carbocycles. The number of rotatable bonds is 1. The van der Waals surface area contributed by atoms with Crippen LogP contribution in [0.2, 0.25) is 0 Å². The molecule has 14 heavy (non-hydrogen) atoms. The SMILES string of the molecule is c1cc2cc(-n3cnnc3)ccc2[nH]1. The minimum atomic E-state index is 1.07. The van der Waals surface area contributed by atoms with Crippen LogP contribution in [0.1, 0.15) is 0 Å². The van der Waals surface area contributed by atoms with Gasteiger partial charge in [-0.3, -0.25) is 4.57 Å². The molecule has 2 heterocycles. The van der Waals surface area contributed by atoms with Crippen LogP contribution < -0.4 is 0 Å². The van der Waals surface area contributed by atoms with Crippen LogP contribution in [0.25, 0.3) is 16.6 Å². The van der Waals surface area contributed by atoms with Crippen LogP contribution in [-0.2, 0) is 0 Å². The van der Waals surface area contributed by atoms with Gasteiger partial charge in [0.1, 0.15) is 12.7 Å². The first-order valence-electron chi connectivity index (χ1n) is 4.36. The second-order valence-corrected chi connectivity index (χ2v) is 3.12. The maximum atomic E-state index is 3.77. The second kappa shape index (κ2) is 2.70. The third-order valence-corrected chi connectivity index (χ3v) is 2.25. The van der Waals surface area contributed by atoms with Crippen LogP contribution in [0.3, 0.4) is 0 Å². The van der Waals surface area contributed by atoms with Gasteiger partial charge in [0.05, 0.1) is 0 Å². The lowest BCUT2D eigenvalue weighted by Crippen LogP contribution is -1.88. The Kier molecular flexibility index (Phi) is 1.41. The molecule has 0 spiro atoms. The number of nitrogens with zero attached hydrogens (tertiary/aromatic N) is 3. The Morgan fingerprint density at radius 3 is 2.79 bits per heavy atom. The van der Waals surface area contributed by atoms with E-state index in [4.69, 9.17) is 0 Å². The number of aromatic nitrogens is 4. The van der Waals surface area contributed by atoms with Crippen molar-refractivity contribution in [2.75, 3.05) is 0 Å². The van der Waals surface area contributed by atoms with Crippen molar-refractivity contribution in [3.63, 3.8) is 0 Å². The van der Waals surface area contributed by atoms with Gasteiger partial charge in [0.2, 0.25) is 0 Å². The van der Waals surface area contributed by atoms with E-state index in [1.54, 1.807) is 12.7 Å². The van der Waals surface area contributed by atoms with Gasteiger partial charge in [-0.2, -0.15) is 0 Å². The molecular weight excluding hydrogens is 176 g/mol. The molecule has 4 heteroatoms. The Hall–Kier alpha value is -2.10. The lowest BCUT2D eigenvalue weighted by atomic mass is 10.2. The van der Waals surface area contributed by atoms with E-state index in [-0.39, 0.29) is 0 Å². The topological polar surface area (TPSA) is 46.5 Å². The van der Waals surface area contributed by atoms with Crippen molar-refractivity contribution in [2.45, 2.75) is 0 Å². The van der Waals surface area contributed by atoms with Crippen molar-refractivity contribution >= 4 is 10.9 Å². The van der Waals surface area contributed by atoms with Crippen molar-refractivity contribution < 1.29 is 0 Å². The highest BCUT2D eigenvalue weighted by Gasteiger charge is 1.98. The number of H-pyrrole nitrogens is 1. The summed E-state index contributed by atoms with van der Waals surface area (Å²) < 4.78 is 1.88. The number of aromatic amines is 1. The van der Waals surface area contributed by atoms with E-state index >= 15 is 0 Å². The second-order valence-electron chi connectivity index (χ2n) is 3.12. The van der Waals surface area contributed by atoms with E-state index in [1.165, 1.54) is 5.39 Å². The Morgan fingerprint density at radius 2 is 1.93 bits per heavy atom. The van der Waals surface area contributed by atoms with Gasteiger partial charge in [-0.25, -0.2) is 0 Å². The molecule has 0 radical (unpaired) electrons. The minimum absolute atomic E-state index is 1.07. The lowest BCUT2D eigenvalue weighted by molar-refractivity contribution is 1.06. The monoisotopic (exact) mass is 184 g/mol. The van der Waals surface area contributed by atoms with E-state index in [2.05, 4.69) is 21.2 Å². The minimum Gasteiger partial charge on any atom is -0.361 e. The van der Waals surface area contributed by atoms with Crippen molar-refractivity contribution in [2.24, 2.45) is 0 Å². The fourth-order valence-corrected chi connectivity index (χ4v) is 1.54. The molecule has 0 amide bonds. The standard InChI is InChI=1S/C10H8N4/c1-2-10-8(3-4-11-10)5-9(1)14-6-12-13-7-14/h1-7,11H. The van der Waals surface area contributed by atoms with Crippen molar-refractivity contribution in [3.05, 3.63) is 43.1 Å². The summed E-state index contributed by atoms with van der Waals surface area (Å²) in [6.07, 6.45) is 5.31. The molecule has 0 atom stereocenters. The van der Waals surface area contributed by atoms with Gasteiger partial charge >= 0.3 is 0 Å². The number of nitrogens with one attached hydrogen (secondary N) is 1. The summed E-state index contributed by atoms with van der Waals surface area (Å²) in [4.78, 5) is 3.15. The molecule has 1 aromatic carbocycles. The zero-order chi connectivity index (χ0) is 9.38. The first-order valence-corrected chi connectivity index (χ1v) is 4.36. The Labute approximate surface area is 80.2 Å². The Balaban J connectivity index is 2.23. The van der Waals surface area contributed by atoms with Gasteiger partial charge in [0.15, 0.2) is 0 Å². The summed E-state index contributed by atoms with van der Waals surface area (Å²) >= 11 is 0. The molecule has 0 bridgehead atoms. The highest BCUT2D eigenvalue weighted by atomic mass is 15.2. The number of hydrogen-bond acceptors (Lipinski definition) is 2. The summed E-state index contributed by atoms with van der Waals surface area (Å²) in [7, 11) is 0. The molecule has 0 aliphatic rings. The first kappa shape index (κ1) is 7.32. The molecule has 0 unspecified atom stereocenters. The average Bonchev–Trinajstić information content (AvgIpc) is 2.88. The van der Waals surface area contributed by atoms with Gasteiger partial charge in [0, 0.05) is 22.8 Å². The molecule has 0 aliphatic heterocycles. The molecule has 0 saturated carbocycles. The molecule has 0 saturated heterocycles. The maximum Gasteiger partial charge on any atom is 0.123 e.